The summed E-state index contributed by atoms with van der Waals surface area (Å²) in [4.78, 5) is 2.55. The molecular weight excluding hydrogens is 274 g/mol. The molecule has 0 aliphatic carbocycles. The summed E-state index contributed by atoms with van der Waals surface area (Å²) in [7, 11) is 0. The largest absolute Gasteiger partial charge is 0.454 e. The molecule has 110 valence electrons. The molecular formula is C16H22ClNO2. The molecule has 2 aliphatic heterocycles. The number of halogens is 1. The summed E-state index contributed by atoms with van der Waals surface area (Å²) in [5, 5.41) is 0.0108. The summed E-state index contributed by atoms with van der Waals surface area (Å²) in [5.41, 5.74) is 1.12. The van der Waals surface area contributed by atoms with Gasteiger partial charge in [0.2, 0.25) is 6.79 Å². The van der Waals surface area contributed by atoms with Crippen LogP contribution < -0.4 is 9.47 Å². The second-order valence-corrected chi connectivity index (χ2v) is 6.16. The average Bonchev–Trinajstić information content (AvgIpc) is 2.95. The Morgan fingerprint density at radius 1 is 1.30 bits per heavy atom. The van der Waals surface area contributed by atoms with Crippen LogP contribution in [0.4, 0.5) is 0 Å². The first-order valence-electron chi connectivity index (χ1n) is 7.55. The molecule has 0 amide bonds. The van der Waals surface area contributed by atoms with E-state index in [0.29, 0.717) is 12.8 Å². The van der Waals surface area contributed by atoms with E-state index in [1.807, 2.05) is 12.1 Å². The van der Waals surface area contributed by atoms with Gasteiger partial charge in [-0.3, -0.25) is 4.90 Å². The zero-order valence-corrected chi connectivity index (χ0v) is 12.7. The third kappa shape index (κ3) is 2.89. The molecule has 1 aromatic carbocycles. The highest BCUT2D eigenvalue weighted by molar-refractivity contribution is 6.21. The van der Waals surface area contributed by atoms with E-state index in [0.717, 1.165) is 23.6 Å². The fourth-order valence-corrected chi connectivity index (χ4v) is 3.49. The second kappa shape index (κ2) is 6.23. The summed E-state index contributed by atoms with van der Waals surface area (Å²) in [6.45, 7) is 4.68. The number of hydrogen-bond donors (Lipinski definition) is 0. The number of fused-ring (bicyclic) bond motifs is 1. The Bertz CT molecular complexity index is 466. The minimum atomic E-state index is 0.0108. The Morgan fingerprint density at radius 3 is 3.00 bits per heavy atom. The van der Waals surface area contributed by atoms with Crippen molar-refractivity contribution in [3.8, 4) is 11.5 Å². The lowest BCUT2D eigenvalue weighted by molar-refractivity contribution is 0.144. The highest BCUT2D eigenvalue weighted by Gasteiger charge is 2.24. The van der Waals surface area contributed by atoms with E-state index in [1.54, 1.807) is 0 Å². The van der Waals surface area contributed by atoms with E-state index in [2.05, 4.69) is 17.9 Å². The molecule has 0 N–H and O–H groups in total. The molecule has 0 bridgehead atoms. The van der Waals surface area contributed by atoms with Gasteiger partial charge in [-0.15, -0.1) is 11.6 Å². The van der Waals surface area contributed by atoms with Crippen LogP contribution in [0.3, 0.4) is 0 Å². The van der Waals surface area contributed by atoms with Crippen molar-refractivity contribution < 1.29 is 9.47 Å². The van der Waals surface area contributed by atoms with E-state index >= 15 is 0 Å². The number of benzene rings is 1. The quantitative estimate of drug-likeness (QED) is 0.785. The predicted octanol–water partition coefficient (Wildman–Crippen LogP) is 3.96. The zero-order valence-electron chi connectivity index (χ0n) is 12.0. The van der Waals surface area contributed by atoms with Gasteiger partial charge in [-0.05, 0) is 43.5 Å². The molecule has 0 radical (unpaired) electrons. The van der Waals surface area contributed by atoms with Crippen LogP contribution in [0.1, 0.15) is 43.5 Å². The number of ether oxygens (including phenoxy) is 2. The fraction of sp³-hybridized carbons (Fsp3) is 0.625. The zero-order chi connectivity index (χ0) is 13.9. The van der Waals surface area contributed by atoms with Crippen molar-refractivity contribution in [2.45, 2.75) is 44.0 Å². The molecule has 0 spiro atoms. The highest BCUT2D eigenvalue weighted by atomic mass is 35.5. The van der Waals surface area contributed by atoms with Crippen molar-refractivity contribution in [2.24, 2.45) is 0 Å². The lowest BCUT2D eigenvalue weighted by Gasteiger charge is -2.36. The summed E-state index contributed by atoms with van der Waals surface area (Å²) >= 11 is 6.63. The van der Waals surface area contributed by atoms with E-state index in [-0.39, 0.29) is 5.38 Å². The topological polar surface area (TPSA) is 21.7 Å². The van der Waals surface area contributed by atoms with Crippen molar-refractivity contribution >= 4 is 11.6 Å². The standard InChI is InChI=1S/C16H22ClNO2/c1-2-13-5-3-4-8-18(13)10-14(17)12-6-7-15-16(9-12)20-11-19-15/h6-7,9,13-14H,2-5,8,10-11H2,1H3. The number of likely N-dealkylation sites (tertiary alicyclic amines) is 1. The normalized spacial score (nSPS) is 23.8. The SMILES string of the molecule is CCC1CCCCN1CC(Cl)c1ccc2c(c1)OCO2. The summed E-state index contributed by atoms with van der Waals surface area (Å²) in [5.74, 6) is 1.64. The van der Waals surface area contributed by atoms with Gasteiger partial charge in [-0.2, -0.15) is 0 Å². The van der Waals surface area contributed by atoms with Crippen LogP contribution in [-0.2, 0) is 0 Å². The minimum absolute atomic E-state index is 0.0108. The van der Waals surface area contributed by atoms with Crippen LogP contribution in [0.2, 0.25) is 0 Å². The smallest absolute Gasteiger partial charge is 0.231 e. The Kier molecular flexibility index (Phi) is 4.37. The van der Waals surface area contributed by atoms with Gasteiger partial charge < -0.3 is 9.47 Å². The van der Waals surface area contributed by atoms with Crippen molar-refractivity contribution in [3.05, 3.63) is 23.8 Å². The number of hydrogen-bond acceptors (Lipinski definition) is 3. The predicted molar refractivity (Wildman–Crippen MR) is 80.7 cm³/mol. The maximum absolute atomic E-state index is 6.63. The average molecular weight is 296 g/mol. The summed E-state index contributed by atoms with van der Waals surface area (Å²) < 4.78 is 10.8. The molecule has 0 aromatic heterocycles. The van der Waals surface area contributed by atoms with Crippen LogP contribution in [-0.4, -0.2) is 30.8 Å². The molecule has 0 saturated carbocycles. The van der Waals surface area contributed by atoms with Gasteiger partial charge in [0.15, 0.2) is 11.5 Å². The number of rotatable bonds is 4. The van der Waals surface area contributed by atoms with Gasteiger partial charge >= 0.3 is 0 Å². The molecule has 2 unspecified atom stereocenters. The third-order valence-electron chi connectivity index (χ3n) is 4.37. The molecule has 4 heteroatoms. The Balaban J connectivity index is 1.67. The lowest BCUT2D eigenvalue weighted by Crippen LogP contribution is -2.40. The fourth-order valence-electron chi connectivity index (χ4n) is 3.18. The molecule has 1 saturated heterocycles. The van der Waals surface area contributed by atoms with Crippen LogP contribution in [0.15, 0.2) is 18.2 Å². The van der Waals surface area contributed by atoms with Gasteiger partial charge in [0.05, 0.1) is 5.38 Å². The number of piperidine rings is 1. The molecule has 1 aromatic rings. The molecule has 2 aliphatic rings. The molecule has 2 heterocycles. The highest BCUT2D eigenvalue weighted by Crippen LogP contribution is 2.36. The van der Waals surface area contributed by atoms with Crippen LogP contribution >= 0.6 is 11.6 Å². The van der Waals surface area contributed by atoms with Crippen molar-refractivity contribution in [1.29, 1.82) is 0 Å². The minimum Gasteiger partial charge on any atom is -0.454 e. The van der Waals surface area contributed by atoms with E-state index in [4.69, 9.17) is 21.1 Å². The molecule has 3 rings (SSSR count). The van der Waals surface area contributed by atoms with Crippen molar-refractivity contribution in [2.75, 3.05) is 19.9 Å². The van der Waals surface area contributed by atoms with Crippen molar-refractivity contribution in [1.82, 2.24) is 4.90 Å². The first-order valence-corrected chi connectivity index (χ1v) is 7.99. The van der Waals surface area contributed by atoms with Gasteiger partial charge in [0.1, 0.15) is 0 Å². The Labute approximate surface area is 125 Å². The van der Waals surface area contributed by atoms with Crippen molar-refractivity contribution in [3.63, 3.8) is 0 Å². The van der Waals surface area contributed by atoms with Crippen LogP contribution in [0, 0.1) is 0 Å². The Morgan fingerprint density at radius 2 is 2.15 bits per heavy atom. The maximum Gasteiger partial charge on any atom is 0.231 e. The van der Waals surface area contributed by atoms with E-state index < -0.39 is 0 Å². The summed E-state index contributed by atoms with van der Waals surface area (Å²) in [6.07, 6.45) is 5.17. The molecule has 2 atom stereocenters. The van der Waals surface area contributed by atoms with Gasteiger partial charge in [-0.25, -0.2) is 0 Å². The maximum atomic E-state index is 6.63. The molecule has 20 heavy (non-hydrogen) atoms. The first-order chi connectivity index (χ1) is 9.78. The summed E-state index contributed by atoms with van der Waals surface area (Å²) in [6, 6.07) is 6.72. The van der Waals surface area contributed by atoms with Gasteiger partial charge in [0.25, 0.3) is 0 Å². The Hall–Kier alpha value is -0.930. The van der Waals surface area contributed by atoms with E-state index in [1.165, 1.54) is 32.2 Å². The first kappa shape index (κ1) is 14.0. The van der Waals surface area contributed by atoms with Gasteiger partial charge in [0, 0.05) is 12.6 Å². The van der Waals surface area contributed by atoms with Crippen LogP contribution in [0.25, 0.3) is 0 Å². The molecule has 1 fully saturated rings. The van der Waals surface area contributed by atoms with Gasteiger partial charge in [-0.1, -0.05) is 19.4 Å². The van der Waals surface area contributed by atoms with Crippen LogP contribution in [0.5, 0.6) is 11.5 Å². The molecule has 3 nitrogen and oxygen atoms in total. The van der Waals surface area contributed by atoms with E-state index in [9.17, 15) is 0 Å². The number of alkyl halides is 1. The third-order valence-corrected chi connectivity index (χ3v) is 4.76. The lowest BCUT2D eigenvalue weighted by atomic mass is 9.99. The number of nitrogens with zero attached hydrogens (tertiary/aromatic N) is 1. The monoisotopic (exact) mass is 295 g/mol. The second-order valence-electron chi connectivity index (χ2n) is 5.63.